The molecule has 0 aliphatic heterocycles. The molecular weight excluding hydrogens is 247 g/mol. The van der Waals surface area contributed by atoms with E-state index in [1.54, 1.807) is 6.92 Å². The SMILES string of the molecule is CCNC(=O)NCC(N)=O.O=C(O)C(F)(F)F. The van der Waals surface area contributed by atoms with Gasteiger partial charge in [0.05, 0.1) is 6.54 Å². The number of carbonyl (C=O) groups excluding carboxylic acids is 2. The van der Waals surface area contributed by atoms with Crippen LogP contribution in [0.4, 0.5) is 18.0 Å². The number of aliphatic carboxylic acids is 1. The summed E-state index contributed by atoms with van der Waals surface area (Å²) in [6.45, 7) is 2.19. The maximum absolute atomic E-state index is 10.6. The van der Waals surface area contributed by atoms with Crippen molar-refractivity contribution in [2.24, 2.45) is 5.73 Å². The highest BCUT2D eigenvalue weighted by molar-refractivity contribution is 5.82. The van der Waals surface area contributed by atoms with E-state index >= 15 is 0 Å². The van der Waals surface area contributed by atoms with Gasteiger partial charge in [0.1, 0.15) is 0 Å². The molecule has 0 aliphatic rings. The minimum atomic E-state index is -5.08. The second-order valence-corrected chi connectivity index (χ2v) is 2.48. The van der Waals surface area contributed by atoms with Crippen LogP contribution in [-0.2, 0) is 9.59 Å². The van der Waals surface area contributed by atoms with Gasteiger partial charge < -0.3 is 21.5 Å². The van der Waals surface area contributed by atoms with Gasteiger partial charge in [-0.3, -0.25) is 4.79 Å². The highest BCUT2D eigenvalue weighted by Crippen LogP contribution is 2.13. The molecule has 0 aromatic rings. The Labute approximate surface area is 94.1 Å². The van der Waals surface area contributed by atoms with Crippen LogP contribution >= 0.6 is 0 Å². The van der Waals surface area contributed by atoms with Crippen LogP contribution in [0.15, 0.2) is 0 Å². The smallest absolute Gasteiger partial charge is 0.475 e. The Kier molecular flexibility index (Phi) is 8.38. The molecule has 0 unspecified atom stereocenters. The lowest BCUT2D eigenvalue weighted by molar-refractivity contribution is -0.192. The normalized spacial score (nSPS) is 9.65. The Morgan fingerprint density at radius 2 is 1.65 bits per heavy atom. The predicted molar refractivity (Wildman–Crippen MR) is 50.0 cm³/mol. The number of urea groups is 1. The van der Waals surface area contributed by atoms with E-state index in [1.165, 1.54) is 0 Å². The quantitative estimate of drug-likeness (QED) is 0.541. The van der Waals surface area contributed by atoms with Crippen molar-refractivity contribution < 1.29 is 32.7 Å². The molecule has 0 spiro atoms. The van der Waals surface area contributed by atoms with E-state index in [-0.39, 0.29) is 12.6 Å². The van der Waals surface area contributed by atoms with Crippen molar-refractivity contribution in [3.8, 4) is 0 Å². The van der Waals surface area contributed by atoms with Crippen molar-refractivity contribution in [1.82, 2.24) is 10.6 Å². The third kappa shape index (κ3) is 14.0. The molecule has 0 aliphatic carbocycles. The van der Waals surface area contributed by atoms with E-state index < -0.39 is 18.1 Å². The van der Waals surface area contributed by atoms with Crippen molar-refractivity contribution in [2.75, 3.05) is 13.1 Å². The van der Waals surface area contributed by atoms with E-state index in [4.69, 9.17) is 15.6 Å². The number of rotatable bonds is 3. The second kappa shape index (κ2) is 8.19. The van der Waals surface area contributed by atoms with Gasteiger partial charge in [0.25, 0.3) is 0 Å². The Hall–Kier alpha value is -2.00. The largest absolute Gasteiger partial charge is 0.490 e. The Balaban J connectivity index is 0. The summed E-state index contributed by atoms with van der Waals surface area (Å²) in [5, 5.41) is 11.8. The molecule has 0 saturated carbocycles. The van der Waals surface area contributed by atoms with Crippen molar-refractivity contribution in [1.29, 1.82) is 0 Å². The van der Waals surface area contributed by atoms with E-state index in [0.29, 0.717) is 6.54 Å². The van der Waals surface area contributed by atoms with Crippen LogP contribution in [0.1, 0.15) is 6.92 Å². The second-order valence-electron chi connectivity index (χ2n) is 2.48. The number of primary amides is 1. The minimum Gasteiger partial charge on any atom is -0.475 e. The van der Waals surface area contributed by atoms with Gasteiger partial charge in [-0.25, -0.2) is 9.59 Å². The van der Waals surface area contributed by atoms with Gasteiger partial charge in [-0.05, 0) is 6.92 Å². The number of halogens is 3. The average Bonchev–Trinajstić information content (AvgIpc) is 2.14. The van der Waals surface area contributed by atoms with E-state index in [2.05, 4.69) is 10.6 Å². The molecule has 0 saturated heterocycles. The number of nitrogens with one attached hydrogen (secondary N) is 2. The monoisotopic (exact) mass is 259 g/mol. The van der Waals surface area contributed by atoms with E-state index in [0.717, 1.165) is 0 Å². The van der Waals surface area contributed by atoms with E-state index in [9.17, 15) is 22.8 Å². The summed E-state index contributed by atoms with van der Waals surface area (Å²) in [7, 11) is 0. The van der Waals surface area contributed by atoms with Crippen LogP contribution in [0.25, 0.3) is 0 Å². The minimum absolute atomic E-state index is 0.119. The van der Waals surface area contributed by atoms with Crippen molar-refractivity contribution in [2.45, 2.75) is 13.1 Å². The standard InChI is InChI=1S/C5H11N3O2.C2HF3O2/c1-2-7-5(10)8-3-4(6)9;3-2(4,5)1(6)7/h2-3H2,1H3,(H2,6,9)(H2,7,8,10);(H,6,7). The first-order chi connectivity index (χ1) is 7.61. The molecule has 5 N–H and O–H groups in total. The van der Waals surface area contributed by atoms with Gasteiger partial charge >= 0.3 is 18.2 Å². The maximum atomic E-state index is 10.6. The van der Waals surface area contributed by atoms with Crippen LogP contribution in [-0.4, -0.2) is 42.3 Å². The zero-order valence-electron chi connectivity index (χ0n) is 8.80. The lowest BCUT2D eigenvalue weighted by atomic mass is 10.6. The molecular formula is C7H12F3N3O4. The Morgan fingerprint density at radius 3 is 1.88 bits per heavy atom. The lowest BCUT2D eigenvalue weighted by Gasteiger charge is -2.01. The fraction of sp³-hybridized carbons (Fsp3) is 0.571. The van der Waals surface area contributed by atoms with Gasteiger partial charge in [-0.15, -0.1) is 0 Å². The van der Waals surface area contributed by atoms with E-state index in [1.807, 2.05) is 0 Å². The number of hydrogen-bond acceptors (Lipinski definition) is 3. The van der Waals surface area contributed by atoms with Gasteiger partial charge in [-0.2, -0.15) is 13.2 Å². The van der Waals surface area contributed by atoms with Crippen LogP contribution in [0.3, 0.4) is 0 Å². The fourth-order valence-electron chi connectivity index (χ4n) is 0.390. The summed E-state index contributed by atoms with van der Waals surface area (Å²) < 4.78 is 31.7. The summed E-state index contributed by atoms with van der Waals surface area (Å²) >= 11 is 0. The topological polar surface area (TPSA) is 122 Å². The Morgan fingerprint density at radius 1 is 1.24 bits per heavy atom. The van der Waals surface area contributed by atoms with Gasteiger partial charge in [0, 0.05) is 6.54 Å². The first-order valence-corrected chi connectivity index (χ1v) is 4.21. The first kappa shape index (κ1) is 17.4. The van der Waals surface area contributed by atoms with Gasteiger partial charge in [0.15, 0.2) is 0 Å². The molecule has 0 aromatic carbocycles. The van der Waals surface area contributed by atoms with Crippen LogP contribution < -0.4 is 16.4 Å². The molecule has 0 bridgehead atoms. The molecule has 100 valence electrons. The average molecular weight is 259 g/mol. The van der Waals surface area contributed by atoms with Crippen molar-refractivity contribution >= 4 is 17.9 Å². The number of alkyl halides is 3. The molecule has 7 nitrogen and oxygen atoms in total. The molecule has 3 amide bonds. The summed E-state index contributed by atoms with van der Waals surface area (Å²) in [6.07, 6.45) is -5.08. The Bertz CT molecular complexity index is 280. The van der Waals surface area contributed by atoms with Crippen LogP contribution in [0.2, 0.25) is 0 Å². The molecule has 0 aromatic heterocycles. The van der Waals surface area contributed by atoms with Gasteiger partial charge in [0.2, 0.25) is 5.91 Å². The number of carboxylic acid groups (broad SMARTS) is 1. The maximum Gasteiger partial charge on any atom is 0.490 e. The zero-order valence-corrected chi connectivity index (χ0v) is 8.80. The van der Waals surface area contributed by atoms with Crippen LogP contribution in [0.5, 0.6) is 0 Å². The highest BCUT2D eigenvalue weighted by Gasteiger charge is 2.38. The third-order valence-electron chi connectivity index (χ3n) is 1.00. The first-order valence-electron chi connectivity index (χ1n) is 4.21. The number of hydrogen-bond donors (Lipinski definition) is 4. The molecule has 10 heteroatoms. The highest BCUT2D eigenvalue weighted by atomic mass is 19.4. The van der Waals surface area contributed by atoms with Crippen molar-refractivity contribution in [3.05, 3.63) is 0 Å². The van der Waals surface area contributed by atoms with Crippen LogP contribution in [0, 0.1) is 0 Å². The van der Waals surface area contributed by atoms with Gasteiger partial charge in [-0.1, -0.05) is 0 Å². The molecule has 0 atom stereocenters. The number of carboxylic acids is 1. The number of nitrogens with two attached hydrogens (primary N) is 1. The molecule has 0 rings (SSSR count). The summed E-state index contributed by atoms with van der Waals surface area (Å²) in [5.74, 6) is -3.31. The number of carbonyl (C=O) groups is 3. The molecule has 0 heterocycles. The fourth-order valence-corrected chi connectivity index (χ4v) is 0.390. The molecule has 0 fully saturated rings. The zero-order chi connectivity index (χ0) is 14.1. The molecule has 17 heavy (non-hydrogen) atoms. The molecule has 0 radical (unpaired) electrons. The summed E-state index contributed by atoms with van der Waals surface area (Å²) in [6, 6.07) is -0.374. The number of amides is 3. The lowest BCUT2D eigenvalue weighted by Crippen LogP contribution is -2.40. The van der Waals surface area contributed by atoms with Crippen molar-refractivity contribution in [3.63, 3.8) is 0 Å². The summed E-state index contributed by atoms with van der Waals surface area (Å²) in [4.78, 5) is 29.5. The summed E-state index contributed by atoms with van der Waals surface area (Å²) in [5.41, 5.74) is 4.76. The third-order valence-corrected chi connectivity index (χ3v) is 1.00. The predicted octanol–water partition coefficient (Wildman–Crippen LogP) is -0.576.